The van der Waals surface area contributed by atoms with E-state index in [1.165, 1.54) is 6.07 Å². The molecule has 0 saturated heterocycles. The second-order valence-corrected chi connectivity index (χ2v) is 11.5. The van der Waals surface area contributed by atoms with Crippen molar-refractivity contribution < 1.29 is 17.9 Å². The molecular formula is C14H20F3OSi. The highest BCUT2D eigenvalue weighted by Gasteiger charge is 2.34. The summed E-state index contributed by atoms with van der Waals surface area (Å²) in [6, 6.07) is 5.98. The van der Waals surface area contributed by atoms with Gasteiger partial charge in [0.05, 0.1) is 12.2 Å². The molecule has 1 rings (SSSR count). The standard InChI is InChI=1S/C14H20F3OSi/c1-11-6-7-12(14(15,16)17)13(10-11)18-8-5-9-19(2,3)4/h7,10H,5,8-9H2,1-4H3. The largest absolute Gasteiger partial charge is 0.493 e. The van der Waals surface area contributed by atoms with Gasteiger partial charge in [-0.2, -0.15) is 13.2 Å². The van der Waals surface area contributed by atoms with E-state index in [-0.39, 0.29) is 5.75 Å². The van der Waals surface area contributed by atoms with Crippen molar-refractivity contribution in [3.05, 3.63) is 29.3 Å². The number of hydrogen-bond acceptors (Lipinski definition) is 1. The first kappa shape index (κ1) is 16.1. The Morgan fingerprint density at radius 2 is 1.89 bits per heavy atom. The highest BCUT2D eigenvalue weighted by Crippen LogP contribution is 2.36. The van der Waals surface area contributed by atoms with Gasteiger partial charge in [0, 0.05) is 8.07 Å². The number of hydrogen-bond donors (Lipinski definition) is 0. The molecule has 0 atom stereocenters. The van der Waals surface area contributed by atoms with E-state index in [1.807, 2.05) is 0 Å². The lowest BCUT2D eigenvalue weighted by Crippen LogP contribution is -2.20. The molecule has 0 spiro atoms. The summed E-state index contributed by atoms with van der Waals surface area (Å²) in [4.78, 5) is 0. The number of ether oxygens (including phenoxy) is 1. The molecule has 0 aromatic heterocycles. The van der Waals surface area contributed by atoms with E-state index in [0.717, 1.165) is 18.5 Å². The van der Waals surface area contributed by atoms with Gasteiger partial charge in [0.2, 0.25) is 0 Å². The Labute approximate surface area is 113 Å². The van der Waals surface area contributed by atoms with Crippen molar-refractivity contribution in [2.24, 2.45) is 0 Å². The van der Waals surface area contributed by atoms with Gasteiger partial charge in [0.15, 0.2) is 0 Å². The molecule has 0 aliphatic heterocycles. The predicted octanol–water partition coefficient (Wildman–Crippen LogP) is 4.92. The molecule has 0 aliphatic rings. The van der Waals surface area contributed by atoms with Crippen LogP contribution in [0, 0.1) is 13.0 Å². The Morgan fingerprint density at radius 1 is 1.26 bits per heavy atom. The van der Waals surface area contributed by atoms with Crippen molar-refractivity contribution in [1.82, 2.24) is 0 Å². The first-order valence-electron chi connectivity index (χ1n) is 6.32. The predicted molar refractivity (Wildman–Crippen MR) is 73.3 cm³/mol. The van der Waals surface area contributed by atoms with Crippen molar-refractivity contribution in [1.29, 1.82) is 0 Å². The molecule has 0 bridgehead atoms. The first-order valence-corrected chi connectivity index (χ1v) is 10.0. The van der Waals surface area contributed by atoms with Gasteiger partial charge >= 0.3 is 6.18 Å². The van der Waals surface area contributed by atoms with E-state index in [2.05, 4.69) is 25.7 Å². The van der Waals surface area contributed by atoms with Gasteiger partial charge in [0.1, 0.15) is 5.75 Å². The summed E-state index contributed by atoms with van der Waals surface area (Å²) < 4.78 is 43.7. The van der Waals surface area contributed by atoms with Crippen LogP contribution >= 0.6 is 0 Å². The summed E-state index contributed by atoms with van der Waals surface area (Å²) >= 11 is 0. The third-order valence-corrected chi connectivity index (χ3v) is 4.54. The highest BCUT2D eigenvalue weighted by molar-refractivity contribution is 6.76. The van der Waals surface area contributed by atoms with E-state index in [9.17, 15) is 13.2 Å². The molecule has 0 aliphatic carbocycles. The molecule has 1 aromatic rings. The van der Waals surface area contributed by atoms with Crippen LogP contribution in [-0.4, -0.2) is 14.7 Å². The van der Waals surface area contributed by atoms with Crippen molar-refractivity contribution in [3.8, 4) is 5.75 Å². The fraction of sp³-hybridized carbons (Fsp3) is 0.571. The van der Waals surface area contributed by atoms with E-state index < -0.39 is 19.8 Å². The lowest BCUT2D eigenvalue weighted by molar-refractivity contribution is -0.139. The Morgan fingerprint density at radius 3 is 2.42 bits per heavy atom. The SMILES string of the molecule is Cc1[c]cc(C(F)(F)F)c(OCCC[Si](C)(C)C)c1. The Balaban J connectivity index is 2.69. The van der Waals surface area contributed by atoms with Crippen molar-refractivity contribution in [3.63, 3.8) is 0 Å². The van der Waals surface area contributed by atoms with Crippen molar-refractivity contribution in [2.75, 3.05) is 6.61 Å². The zero-order valence-electron chi connectivity index (χ0n) is 11.8. The normalized spacial score (nSPS) is 12.6. The minimum Gasteiger partial charge on any atom is -0.493 e. The van der Waals surface area contributed by atoms with E-state index in [0.29, 0.717) is 12.2 Å². The Kier molecular flexibility index (Phi) is 5.07. The second kappa shape index (κ2) is 5.99. The van der Waals surface area contributed by atoms with Crippen LogP contribution in [0.25, 0.3) is 0 Å². The van der Waals surface area contributed by atoms with Gasteiger partial charge in [-0.1, -0.05) is 25.7 Å². The van der Waals surface area contributed by atoms with Crippen LogP contribution in [0.5, 0.6) is 5.75 Å². The van der Waals surface area contributed by atoms with Crippen LogP contribution in [0.1, 0.15) is 17.5 Å². The van der Waals surface area contributed by atoms with Gasteiger partial charge in [-0.15, -0.1) is 0 Å². The Bertz CT molecular complexity index is 422. The number of alkyl halides is 3. The van der Waals surface area contributed by atoms with Gasteiger partial charge in [-0.3, -0.25) is 0 Å². The molecule has 107 valence electrons. The molecular weight excluding hydrogens is 269 g/mol. The number of aryl methyl sites for hydroxylation is 1. The summed E-state index contributed by atoms with van der Waals surface area (Å²) in [5, 5.41) is 0. The summed E-state index contributed by atoms with van der Waals surface area (Å²) in [6.07, 6.45) is -3.59. The van der Waals surface area contributed by atoms with Crippen LogP contribution in [-0.2, 0) is 6.18 Å². The minimum absolute atomic E-state index is 0.0840. The summed E-state index contributed by atoms with van der Waals surface area (Å²) in [5.74, 6) is -0.0840. The average Bonchev–Trinajstić information content (AvgIpc) is 2.21. The van der Waals surface area contributed by atoms with Crippen molar-refractivity contribution >= 4 is 8.07 Å². The first-order chi connectivity index (χ1) is 8.59. The molecule has 0 saturated carbocycles. The van der Waals surface area contributed by atoms with Crippen LogP contribution in [0.4, 0.5) is 13.2 Å². The highest BCUT2D eigenvalue weighted by atomic mass is 28.3. The maximum Gasteiger partial charge on any atom is 0.419 e. The molecule has 0 amide bonds. The summed E-state index contributed by atoms with van der Waals surface area (Å²) in [5.41, 5.74) is -0.0979. The van der Waals surface area contributed by atoms with E-state index >= 15 is 0 Å². The third kappa shape index (κ3) is 5.68. The molecule has 5 heteroatoms. The molecule has 0 N–H and O–H groups in total. The average molecular weight is 289 g/mol. The molecule has 0 fully saturated rings. The summed E-state index contributed by atoms with van der Waals surface area (Å²) in [6.45, 7) is 8.73. The van der Waals surface area contributed by atoms with Gasteiger partial charge in [-0.05, 0) is 37.1 Å². The summed E-state index contributed by atoms with van der Waals surface area (Å²) in [7, 11) is -1.16. The minimum atomic E-state index is -4.39. The van der Waals surface area contributed by atoms with E-state index in [4.69, 9.17) is 4.74 Å². The zero-order valence-corrected chi connectivity index (χ0v) is 12.8. The smallest absolute Gasteiger partial charge is 0.419 e. The zero-order chi connectivity index (χ0) is 14.7. The maximum absolute atomic E-state index is 12.8. The van der Waals surface area contributed by atoms with Crippen LogP contribution < -0.4 is 4.74 Å². The molecule has 0 heterocycles. The molecule has 1 radical (unpaired) electrons. The number of benzene rings is 1. The lowest BCUT2D eigenvalue weighted by atomic mass is 10.1. The Hall–Kier alpha value is -0.973. The van der Waals surface area contributed by atoms with Gasteiger partial charge < -0.3 is 4.74 Å². The fourth-order valence-electron chi connectivity index (χ4n) is 1.70. The van der Waals surface area contributed by atoms with Crippen LogP contribution in [0.15, 0.2) is 12.1 Å². The topological polar surface area (TPSA) is 9.23 Å². The second-order valence-electron chi connectivity index (χ2n) is 5.90. The van der Waals surface area contributed by atoms with E-state index in [1.54, 1.807) is 6.92 Å². The number of halogens is 3. The quantitative estimate of drug-likeness (QED) is 0.552. The number of rotatable bonds is 5. The van der Waals surface area contributed by atoms with Crippen LogP contribution in [0.3, 0.4) is 0 Å². The fourth-order valence-corrected chi connectivity index (χ4v) is 2.90. The molecule has 1 aromatic carbocycles. The monoisotopic (exact) mass is 289 g/mol. The van der Waals surface area contributed by atoms with Gasteiger partial charge in [-0.25, -0.2) is 0 Å². The molecule has 19 heavy (non-hydrogen) atoms. The molecule has 0 unspecified atom stereocenters. The van der Waals surface area contributed by atoms with Crippen LogP contribution in [0.2, 0.25) is 25.7 Å². The third-order valence-electron chi connectivity index (χ3n) is 2.69. The maximum atomic E-state index is 12.8. The van der Waals surface area contributed by atoms with Crippen molar-refractivity contribution in [2.45, 2.75) is 45.2 Å². The molecule has 1 nitrogen and oxygen atoms in total. The van der Waals surface area contributed by atoms with Gasteiger partial charge in [0.25, 0.3) is 0 Å². The lowest BCUT2D eigenvalue weighted by Gasteiger charge is -2.17.